The summed E-state index contributed by atoms with van der Waals surface area (Å²) in [6.45, 7) is 0. The molecule has 11 aromatic rings. The van der Waals surface area contributed by atoms with Gasteiger partial charge in [-0.3, -0.25) is 0 Å². The smallest absolute Gasteiger partial charge is 0.137 e. The molecule has 3 aromatic heterocycles. The minimum Gasteiger partial charge on any atom is -0.456 e. The first kappa shape index (κ1) is 28.0. The van der Waals surface area contributed by atoms with Gasteiger partial charge in [0.25, 0.3) is 0 Å². The summed E-state index contributed by atoms with van der Waals surface area (Å²) < 4.78 is 11.3. The van der Waals surface area contributed by atoms with Crippen LogP contribution in [0.5, 0.6) is 0 Å². The Hall–Kier alpha value is -6.84. The highest BCUT2D eigenvalue weighted by atomic mass is 16.3. The predicted molar refractivity (Wildman–Crippen MR) is 213 cm³/mol. The van der Waals surface area contributed by atoms with E-state index in [1.54, 1.807) is 0 Å². The number of rotatable bonds is 4. The van der Waals surface area contributed by atoms with Gasteiger partial charge in [-0.25, -0.2) is 0 Å². The molecule has 3 nitrogen and oxygen atoms in total. The average molecular weight is 651 g/mol. The fraction of sp³-hybridized carbons (Fsp3) is 0. The van der Waals surface area contributed by atoms with E-state index in [0.29, 0.717) is 0 Å². The number of hydrogen-bond acceptors (Lipinski definition) is 1. The molecule has 0 unspecified atom stereocenters. The molecule has 0 aliphatic rings. The number of aromatic nitrogens is 2. The van der Waals surface area contributed by atoms with Crippen molar-refractivity contribution in [2.45, 2.75) is 0 Å². The second kappa shape index (κ2) is 10.8. The van der Waals surface area contributed by atoms with Gasteiger partial charge in [0.2, 0.25) is 0 Å². The van der Waals surface area contributed by atoms with Gasteiger partial charge in [0.15, 0.2) is 0 Å². The maximum Gasteiger partial charge on any atom is 0.137 e. The molecule has 238 valence electrons. The van der Waals surface area contributed by atoms with E-state index < -0.39 is 0 Å². The second-order valence-corrected chi connectivity index (χ2v) is 13.2. The zero-order valence-electron chi connectivity index (χ0n) is 27.6. The van der Waals surface area contributed by atoms with E-state index in [2.05, 4.69) is 185 Å². The number of furan rings is 1. The van der Waals surface area contributed by atoms with Gasteiger partial charge in [0.1, 0.15) is 11.2 Å². The fourth-order valence-corrected chi connectivity index (χ4v) is 8.48. The van der Waals surface area contributed by atoms with Crippen LogP contribution in [0.15, 0.2) is 186 Å². The lowest BCUT2D eigenvalue weighted by molar-refractivity contribution is 0.669. The Kier molecular flexibility index (Phi) is 5.96. The molecule has 0 aliphatic carbocycles. The van der Waals surface area contributed by atoms with Gasteiger partial charge >= 0.3 is 0 Å². The van der Waals surface area contributed by atoms with Gasteiger partial charge in [0, 0.05) is 26.9 Å². The van der Waals surface area contributed by atoms with E-state index in [1.165, 1.54) is 54.8 Å². The molecular weight excluding hydrogens is 621 g/mol. The summed E-state index contributed by atoms with van der Waals surface area (Å²) in [7, 11) is 0. The molecule has 0 saturated carbocycles. The predicted octanol–water partition coefficient (Wildman–Crippen LogP) is 13.1. The van der Waals surface area contributed by atoms with Crippen LogP contribution in [0, 0.1) is 0 Å². The summed E-state index contributed by atoms with van der Waals surface area (Å²) in [5.41, 5.74) is 13.7. The molecule has 0 radical (unpaired) electrons. The normalized spacial score (nSPS) is 11.9. The van der Waals surface area contributed by atoms with Crippen molar-refractivity contribution in [3.63, 3.8) is 0 Å². The fourth-order valence-electron chi connectivity index (χ4n) is 8.48. The first-order valence-electron chi connectivity index (χ1n) is 17.5. The van der Waals surface area contributed by atoms with Crippen LogP contribution in [-0.2, 0) is 0 Å². The van der Waals surface area contributed by atoms with Gasteiger partial charge in [-0.2, -0.15) is 0 Å². The third kappa shape index (κ3) is 4.00. The Morgan fingerprint density at radius 1 is 0.294 bits per heavy atom. The largest absolute Gasteiger partial charge is 0.456 e. The molecule has 0 bridgehead atoms. The van der Waals surface area contributed by atoms with E-state index in [9.17, 15) is 0 Å². The number of benzene rings is 8. The number of nitrogens with zero attached hydrogens (tertiary/aromatic N) is 2. The van der Waals surface area contributed by atoms with Crippen molar-refractivity contribution in [1.29, 1.82) is 0 Å². The van der Waals surface area contributed by atoms with E-state index >= 15 is 0 Å². The Bertz CT molecular complexity index is 3140. The van der Waals surface area contributed by atoms with Crippen LogP contribution in [-0.4, -0.2) is 9.13 Å². The van der Waals surface area contributed by atoms with E-state index in [0.717, 1.165) is 44.3 Å². The van der Waals surface area contributed by atoms with Gasteiger partial charge in [-0.05, 0) is 70.8 Å². The number of para-hydroxylation sites is 3. The molecule has 0 N–H and O–H groups in total. The molecule has 0 fully saturated rings. The van der Waals surface area contributed by atoms with E-state index in [4.69, 9.17) is 4.42 Å². The summed E-state index contributed by atoms with van der Waals surface area (Å²) in [6, 6.07) is 65.4. The van der Waals surface area contributed by atoms with Gasteiger partial charge in [-0.15, -0.1) is 0 Å². The van der Waals surface area contributed by atoms with Crippen LogP contribution < -0.4 is 0 Å². The molecule has 0 saturated heterocycles. The summed E-state index contributed by atoms with van der Waals surface area (Å²) >= 11 is 0. The number of fused-ring (bicyclic) bond motifs is 9. The lowest BCUT2D eigenvalue weighted by atomic mass is 9.92. The Balaban J connectivity index is 1.24. The first-order chi connectivity index (χ1) is 25.3. The summed E-state index contributed by atoms with van der Waals surface area (Å²) in [5, 5.41) is 7.17. The molecule has 8 aromatic carbocycles. The summed E-state index contributed by atoms with van der Waals surface area (Å²) in [5.74, 6) is 0. The molecule has 0 aliphatic heterocycles. The second-order valence-electron chi connectivity index (χ2n) is 13.2. The molecule has 11 rings (SSSR count). The Morgan fingerprint density at radius 3 is 1.55 bits per heavy atom. The third-order valence-electron chi connectivity index (χ3n) is 10.5. The molecule has 3 heterocycles. The van der Waals surface area contributed by atoms with Crippen molar-refractivity contribution in [2.24, 2.45) is 0 Å². The average Bonchev–Trinajstić information content (AvgIpc) is 3.86. The van der Waals surface area contributed by atoms with Crippen LogP contribution in [0.25, 0.3) is 99.2 Å². The quantitative estimate of drug-likeness (QED) is 0.186. The minimum absolute atomic E-state index is 0.890. The SMILES string of the molecule is c1ccc(-c2ccccc2-c2cccc3c2c2ccccc2n3-c2cccc3c2c2ccccc2n3-c2cccc3oc4ccccc4c23)cc1. The van der Waals surface area contributed by atoms with E-state index in [1.807, 2.05) is 6.07 Å². The zero-order chi connectivity index (χ0) is 33.5. The monoisotopic (exact) mass is 650 g/mol. The van der Waals surface area contributed by atoms with Crippen molar-refractivity contribution in [3.05, 3.63) is 182 Å². The highest BCUT2D eigenvalue weighted by Gasteiger charge is 2.23. The minimum atomic E-state index is 0.890. The van der Waals surface area contributed by atoms with Crippen LogP contribution in [0.4, 0.5) is 0 Å². The van der Waals surface area contributed by atoms with Gasteiger partial charge in [-0.1, -0.05) is 133 Å². The molecule has 3 heteroatoms. The van der Waals surface area contributed by atoms with Crippen LogP contribution in [0.1, 0.15) is 0 Å². The highest BCUT2D eigenvalue weighted by molar-refractivity contribution is 6.20. The number of hydrogen-bond donors (Lipinski definition) is 0. The Labute approximate surface area is 293 Å². The van der Waals surface area contributed by atoms with Crippen molar-refractivity contribution >= 4 is 65.6 Å². The van der Waals surface area contributed by atoms with Crippen molar-refractivity contribution in [1.82, 2.24) is 9.13 Å². The molecule has 0 amide bonds. The maximum atomic E-state index is 6.36. The maximum absolute atomic E-state index is 6.36. The van der Waals surface area contributed by atoms with Gasteiger partial charge in [0.05, 0.1) is 38.8 Å². The molecular formula is C48H30N2O. The molecule has 0 spiro atoms. The summed E-state index contributed by atoms with van der Waals surface area (Å²) in [4.78, 5) is 0. The van der Waals surface area contributed by atoms with Crippen molar-refractivity contribution < 1.29 is 4.42 Å². The third-order valence-corrected chi connectivity index (χ3v) is 10.5. The van der Waals surface area contributed by atoms with Crippen molar-refractivity contribution in [2.75, 3.05) is 0 Å². The lowest BCUT2D eigenvalue weighted by Gasteiger charge is -2.13. The molecule has 51 heavy (non-hydrogen) atoms. The lowest BCUT2D eigenvalue weighted by Crippen LogP contribution is -1.97. The Morgan fingerprint density at radius 2 is 0.784 bits per heavy atom. The summed E-state index contributed by atoms with van der Waals surface area (Å²) in [6.07, 6.45) is 0. The molecule has 0 atom stereocenters. The topological polar surface area (TPSA) is 23.0 Å². The highest BCUT2D eigenvalue weighted by Crippen LogP contribution is 2.45. The van der Waals surface area contributed by atoms with E-state index in [-0.39, 0.29) is 0 Å². The first-order valence-corrected chi connectivity index (χ1v) is 17.5. The standard InChI is InChI=1S/C48H30N2O/c1-2-15-31(16-3-1)32-17-4-5-18-33(32)34-22-12-25-40-46(34)35-19-6-9-23-38(35)49(40)41-26-13-27-42-47(41)36-20-7-10-24-39(36)50(42)43-28-14-30-45-48(43)37-21-8-11-29-44(37)51-45/h1-30H. The van der Waals surface area contributed by atoms with Crippen LogP contribution >= 0.6 is 0 Å². The van der Waals surface area contributed by atoms with Crippen molar-refractivity contribution in [3.8, 4) is 33.6 Å². The van der Waals surface area contributed by atoms with Crippen LogP contribution in [0.2, 0.25) is 0 Å². The van der Waals surface area contributed by atoms with Gasteiger partial charge < -0.3 is 13.6 Å². The zero-order valence-corrected chi connectivity index (χ0v) is 27.6. The van der Waals surface area contributed by atoms with Crippen LogP contribution in [0.3, 0.4) is 0 Å².